The van der Waals surface area contributed by atoms with Crippen molar-refractivity contribution in [2.24, 2.45) is 11.7 Å². The molecule has 0 aliphatic carbocycles. The molecule has 0 radical (unpaired) electrons. The molecule has 6 nitrogen and oxygen atoms in total. The number of carbonyl (C=O) groups is 2. The van der Waals surface area contributed by atoms with Crippen LogP contribution in [0.5, 0.6) is 0 Å². The second-order valence-electron chi connectivity index (χ2n) is 6.72. The number of likely N-dealkylation sites (tertiary alicyclic amines) is 1. The summed E-state index contributed by atoms with van der Waals surface area (Å²) in [6.45, 7) is 9.83. The van der Waals surface area contributed by atoms with E-state index in [1.54, 1.807) is 0 Å². The zero-order valence-corrected chi connectivity index (χ0v) is 14.4. The molecule has 128 valence electrons. The van der Waals surface area contributed by atoms with E-state index in [0.717, 1.165) is 6.54 Å². The molecule has 0 saturated carbocycles. The Labute approximate surface area is 134 Å². The molecule has 1 rings (SSSR count). The second kappa shape index (κ2) is 9.10. The fraction of sp³-hybridized carbons (Fsp3) is 0.875. The van der Waals surface area contributed by atoms with Gasteiger partial charge in [-0.15, -0.1) is 0 Å². The molecular formula is C16H32N4O2. The number of nitrogens with one attached hydrogen (secondary N) is 2. The van der Waals surface area contributed by atoms with Crippen molar-refractivity contribution in [3.63, 3.8) is 0 Å². The number of nitrogens with zero attached hydrogens (tertiary/aromatic N) is 1. The van der Waals surface area contributed by atoms with Crippen molar-refractivity contribution < 1.29 is 9.59 Å². The summed E-state index contributed by atoms with van der Waals surface area (Å²) in [6, 6.07) is 0.318. The van der Waals surface area contributed by atoms with Crippen LogP contribution in [0.1, 0.15) is 47.0 Å². The van der Waals surface area contributed by atoms with E-state index in [1.807, 2.05) is 13.8 Å². The van der Waals surface area contributed by atoms with E-state index in [9.17, 15) is 9.59 Å². The first-order chi connectivity index (χ1) is 10.3. The summed E-state index contributed by atoms with van der Waals surface area (Å²) in [5.74, 6) is -0.382. The molecule has 1 saturated heterocycles. The van der Waals surface area contributed by atoms with Crippen LogP contribution in [0.3, 0.4) is 0 Å². The van der Waals surface area contributed by atoms with Crippen LogP contribution in [0, 0.1) is 5.92 Å². The number of carbonyl (C=O) groups excluding carboxylic acids is 2. The molecule has 22 heavy (non-hydrogen) atoms. The Bertz CT molecular complexity index is 373. The lowest BCUT2D eigenvalue weighted by Crippen LogP contribution is -2.50. The van der Waals surface area contributed by atoms with Gasteiger partial charge in [0.2, 0.25) is 11.8 Å². The maximum atomic E-state index is 11.8. The molecule has 0 bridgehead atoms. The monoisotopic (exact) mass is 312 g/mol. The zero-order valence-electron chi connectivity index (χ0n) is 14.4. The van der Waals surface area contributed by atoms with E-state index in [-0.39, 0.29) is 24.3 Å². The van der Waals surface area contributed by atoms with Crippen LogP contribution in [0.2, 0.25) is 0 Å². The highest BCUT2D eigenvalue weighted by atomic mass is 16.2. The van der Waals surface area contributed by atoms with Crippen LogP contribution < -0.4 is 16.4 Å². The summed E-state index contributed by atoms with van der Waals surface area (Å²) < 4.78 is 0. The minimum atomic E-state index is -0.569. The van der Waals surface area contributed by atoms with Crippen molar-refractivity contribution in [3.8, 4) is 0 Å². The minimum Gasteiger partial charge on any atom is -0.353 e. The van der Waals surface area contributed by atoms with Gasteiger partial charge in [0, 0.05) is 18.6 Å². The quantitative estimate of drug-likeness (QED) is 0.637. The van der Waals surface area contributed by atoms with Crippen LogP contribution in [0.25, 0.3) is 0 Å². The lowest BCUT2D eigenvalue weighted by Gasteiger charge is -2.38. The second-order valence-corrected chi connectivity index (χ2v) is 6.72. The highest BCUT2D eigenvalue weighted by molar-refractivity contribution is 5.87. The molecule has 2 unspecified atom stereocenters. The highest BCUT2D eigenvalue weighted by Crippen LogP contribution is 2.18. The van der Waals surface area contributed by atoms with Crippen molar-refractivity contribution in [2.45, 2.75) is 65.1 Å². The summed E-state index contributed by atoms with van der Waals surface area (Å²) in [4.78, 5) is 26.0. The van der Waals surface area contributed by atoms with Crippen molar-refractivity contribution in [1.82, 2.24) is 15.5 Å². The third-order valence-corrected chi connectivity index (χ3v) is 4.46. The average Bonchev–Trinajstić information content (AvgIpc) is 2.49. The Hall–Kier alpha value is -1.14. The number of rotatable bonds is 7. The van der Waals surface area contributed by atoms with Crippen molar-refractivity contribution in [1.29, 1.82) is 0 Å². The Morgan fingerprint density at radius 1 is 1.23 bits per heavy atom. The lowest BCUT2D eigenvalue weighted by molar-refractivity contribution is -0.127. The maximum Gasteiger partial charge on any atom is 0.239 e. The Morgan fingerprint density at radius 3 is 2.50 bits per heavy atom. The van der Waals surface area contributed by atoms with E-state index >= 15 is 0 Å². The summed E-state index contributed by atoms with van der Waals surface area (Å²) in [7, 11) is 0. The van der Waals surface area contributed by atoms with Gasteiger partial charge in [0.15, 0.2) is 0 Å². The third kappa shape index (κ3) is 5.93. The molecule has 1 aliphatic rings. The first-order valence-electron chi connectivity index (χ1n) is 8.38. The molecular weight excluding hydrogens is 280 g/mol. The lowest BCUT2D eigenvalue weighted by atomic mass is 10.0. The van der Waals surface area contributed by atoms with Crippen molar-refractivity contribution in [2.75, 3.05) is 19.6 Å². The van der Waals surface area contributed by atoms with Gasteiger partial charge in [0.05, 0.1) is 12.6 Å². The molecule has 0 spiro atoms. The van der Waals surface area contributed by atoms with Crippen LogP contribution in [-0.2, 0) is 9.59 Å². The molecule has 6 heteroatoms. The van der Waals surface area contributed by atoms with Gasteiger partial charge in [-0.25, -0.2) is 0 Å². The van der Waals surface area contributed by atoms with Gasteiger partial charge in [-0.05, 0) is 39.2 Å². The number of hydrogen-bond acceptors (Lipinski definition) is 4. The first-order valence-corrected chi connectivity index (χ1v) is 8.38. The first kappa shape index (κ1) is 18.9. The van der Waals surface area contributed by atoms with Gasteiger partial charge in [-0.3, -0.25) is 14.5 Å². The minimum absolute atomic E-state index is 0.0124. The summed E-state index contributed by atoms with van der Waals surface area (Å²) in [6.07, 6.45) is 3.74. The Balaban J connectivity index is 2.26. The topological polar surface area (TPSA) is 87.5 Å². The van der Waals surface area contributed by atoms with Crippen molar-refractivity contribution in [3.05, 3.63) is 0 Å². The standard InChI is InChI=1S/C16H32N4O2/c1-11(2)15(17)16(22)19-10-14(21)18-9-13(4)20-8-6-5-7-12(20)3/h11-13,15H,5-10,17H2,1-4H3,(H,18,21)(H,19,22)/t12?,13?,15-/m0/s1. The number of amides is 2. The number of nitrogens with two attached hydrogens (primary N) is 1. The predicted octanol–water partition coefficient (Wildman–Crippen LogP) is 0.465. The molecule has 0 aromatic heterocycles. The van der Waals surface area contributed by atoms with E-state index in [4.69, 9.17) is 5.73 Å². The van der Waals surface area contributed by atoms with Crippen LogP contribution >= 0.6 is 0 Å². The van der Waals surface area contributed by atoms with E-state index in [1.165, 1.54) is 19.3 Å². The van der Waals surface area contributed by atoms with Crippen LogP contribution in [0.15, 0.2) is 0 Å². The molecule has 0 aromatic rings. The fourth-order valence-corrected chi connectivity index (χ4v) is 2.80. The number of piperidine rings is 1. The molecule has 4 N–H and O–H groups in total. The van der Waals surface area contributed by atoms with Gasteiger partial charge in [-0.2, -0.15) is 0 Å². The van der Waals surface area contributed by atoms with E-state index in [0.29, 0.717) is 18.6 Å². The van der Waals surface area contributed by atoms with Crippen LogP contribution in [0.4, 0.5) is 0 Å². The van der Waals surface area contributed by atoms with Gasteiger partial charge < -0.3 is 16.4 Å². The molecule has 1 fully saturated rings. The van der Waals surface area contributed by atoms with Crippen molar-refractivity contribution >= 4 is 11.8 Å². The van der Waals surface area contributed by atoms with Crippen LogP contribution in [-0.4, -0.2) is 54.5 Å². The smallest absolute Gasteiger partial charge is 0.239 e. The largest absolute Gasteiger partial charge is 0.353 e. The molecule has 1 heterocycles. The van der Waals surface area contributed by atoms with Gasteiger partial charge >= 0.3 is 0 Å². The number of hydrogen-bond donors (Lipinski definition) is 3. The Kier molecular flexibility index (Phi) is 7.82. The normalized spacial score (nSPS) is 22.2. The summed E-state index contributed by atoms with van der Waals surface area (Å²) in [5, 5.41) is 5.47. The molecule has 1 aliphatic heterocycles. The highest BCUT2D eigenvalue weighted by Gasteiger charge is 2.23. The molecule has 0 aromatic carbocycles. The maximum absolute atomic E-state index is 11.8. The molecule has 3 atom stereocenters. The summed E-state index contributed by atoms with van der Waals surface area (Å²) >= 11 is 0. The summed E-state index contributed by atoms with van der Waals surface area (Å²) in [5.41, 5.74) is 5.73. The fourth-order valence-electron chi connectivity index (χ4n) is 2.80. The molecule has 2 amide bonds. The predicted molar refractivity (Wildman–Crippen MR) is 88.3 cm³/mol. The van der Waals surface area contributed by atoms with E-state index in [2.05, 4.69) is 29.4 Å². The van der Waals surface area contributed by atoms with Gasteiger partial charge in [0.25, 0.3) is 0 Å². The van der Waals surface area contributed by atoms with Gasteiger partial charge in [-0.1, -0.05) is 20.3 Å². The SMILES string of the molecule is CC(C)[C@H](N)C(=O)NCC(=O)NCC(C)N1CCCCC1C. The third-order valence-electron chi connectivity index (χ3n) is 4.46. The average molecular weight is 312 g/mol. The van der Waals surface area contributed by atoms with Gasteiger partial charge in [0.1, 0.15) is 0 Å². The Morgan fingerprint density at radius 2 is 1.91 bits per heavy atom. The van der Waals surface area contributed by atoms with E-state index < -0.39 is 6.04 Å². The zero-order chi connectivity index (χ0) is 16.7.